The first-order valence-corrected chi connectivity index (χ1v) is 11.5. The van der Waals surface area contributed by atoms with E-state index in [-0.39, 0.29) is 11.9 Å². The summed E-state index contributed by atoms with van der Waals surface area (Å²) in [4.78, 5) is 23.5. The van der Waals surface area contributed by atoms with E-state index in [0.29, 0.717) is 38.5 Å². The van der Waals surface area contributed by atoms with Gasteiger partial charge in [0.15, 0.2) is 0 Å². The minimum Gasteiger partial charge on any atom is -0.481 e. The summed E-state index contributed by atoms with van der Waals surface area (Å²) in [6.45, 7) is 8.00. The van der Waals surface area contributed by atoms with Crippen LogP contribution in [0, 0.1) is 11.3 Å². The normalized spacial score (nSPS) is 15.3. The Bertz CT molecular complexity index is 416. The van der Waals surface area contributed by atoms with Gasteiger partial charge in [-0.3, -0.25) is 9.59 Å². The molecule has 0 heterocycles. The van der Waals surface area contributed by atoms with Gasteiger partial charge in [-0.15, -0.1) is 0 Å². The molecule has 0 aliphatic carbocycles. The topological polar surface area (TPSA) is 82.1 Å². The molecule has 1 radical (unpaired) electrons. The van der Waals surface area contributed by atoms with Gasteiger partial charge in [-0.05, 0) is 38.8 Å². The van der Waals surface area contributed by atoms with E-state index >= 15 is 0 Å². The van der Waals surface area contributed by atoms with Gasteiger partial charge >= 0.3 is 20.5 Å². The number of hydrogen-bond donors (Lipinski definition) is 1. The molecule has 0 bridgehead atoms. The summed E-state index contributed by atoms with van der Waals surface area (Å²) in [6, 6.07) is 0.763. The van der Waals surface area contributed by atoms with Crippen molar-refractivity contribution in [1.82, 2.24) is 0 Å². The average molecular weight is 373 g/mol. The molecule has 8 heteroatoms. The number of carbonyl (C=O) groups is 2. The Morgan fingerprint density at radius 3 is 2.28 bits per heavy atom. The molecule has 145 valence electrons. The minimum absolute atomic E-state index is 0.229. The highest BCUT2D eigenvalue weighted by Crippen LogP contribution is 2.29. The van der Waals surface area contributed by atoms with Gasteiger partial charge in [-0.2, -0.15) is 0 Å². The summed E-state index contributed by atoms with van der Waals surface area (Å²) in [5, 5.41) is 9.09. The summed E-state index contributed by atoms with van der Waals surface area (Å²) >= 11 is 0. The molecule has 2 unspecified atom stereocenters. The molecule has 0 aliphatic rings. The Hall–Kier alpha value is -0.858. The van der Waals surface area contributed by atoms with Crippen molar-refractivity contribution in [3.63, 3.8) is 0 Å². The lowest BCUT2D eigenvalue weighted by Gasteiger charge is -2.27. The van der Waals surface area contributed by atoms with Crippen molar-refractivity contribution in [1.29, 1.82) is 0 Å². The maximum Gasteiger partial charge on any atom is 0.334 e. The number of aliphatic carboxylic acids is 1. The standard InChI is InChI=1S/C17H34BO6Si/c1-7-14(15(19)20)12-18-13-17(3,8-2)16(21)24-10-9-11-25(6,22-4)23-5/h14H,7-13H2,1-6H3,(H,19,20). The Balaban J connectivity index is 4.36. The summed E-state index contributed by atoms with van der Waals surface area (Å²) in [6.07, 6.45) is 2.93. The first-order valence-electron chi connectivity index (χ1n) is 9.00. The van der Waals surface area contributed by atoms with Gasteiger partial charge in [-0.1, -0.05) is 26.5 Å². The molecule has 0 aromatic heterocycles. The Morgan fingerprint density at radius 1 is 1.24 bits per heavy atom. The number of carboxylic acids is 1. The van der Waals surface area contributed by atoms with Gasteiger partial charge in [-0.25, -0.2) is 0 Å². The second kappa shape index (κ2) is 11.7. The van der Waals surface area contributed by atoms with Crippen LogP contribution in [-0.2, 0) is 23.2 Å². The molecule has 1 N–H and O–H groups in total. The van der Waals surface area contributed by atoms with E-state index in [2.05, 4.69) is 0 Å². The lowest BCUT2D eigenvalue weighted by Crippen LogP contribution is -2.36. The van der Waals surface area contributed by atoms with E-state index in [1.807, 2.05) is 34.6 Å². The molecule has 0 fully saturated rings. The molecular weight excluding hydrogens is 339 g/mol. The summed E-state index contributed by atoms with van der Waals surface area (Å²) in [5.41, 5.74) is -0.611. The van der Waals surface area contributed by atoms with Crippen molar-refractivity contribution in [2.24, 2.45) is 11.3 Å². The van der Waals surface area contributed by atoms with Crippen molar-refractivity contribution in [3.05, 3.63) is 0 Å². The van der Waals surface area contributed by atoms with Crippen molar-refractivity contribution in [2.45, 2.75) is 65.3 Å². The molecule has 25 heavy (non-hydrogen) atoms. The SMILES string of the molecule is CCC(C[B]CC(C)(CC)C(=O)OCCC[Si](C)(OC)OC)C(=O)O. The molecule has 0 aromatic carbocycles. The third-order valence-electron chi connectivity index (χ3n) is 5.03. The number of esters is 1. The van der Waals surface area contributed by atoms with Crippen LogP contribution in [0.1, 0.15) is 40.0 Å². The summed E-state index contributed by atoms with van der Waals surface area (Å²) in [7, 11) is 3.07. The van der Waals surface area contributed by atoms with E-state index in [1.54, 1.807) is 14.2 Å². The third-order valence-corrected chi connectivity index (χ3v) is 8.02. The highest BCUT2D eigenvalue weighted by molar-refractivity contribution is 6.65. The maximum atomic E-state index is 12.4. The van der Waals surface area contributed by atoms with Gasteiger partial charge in [0.25, 0.3) is 0 Å². The molecule has 0 spiro atoms. The Kier molecular flexibility index (Phi) is 11.3. The van der Waals surface area contributed by atoms with Crippen molar-refractivity contribution < 1.29 is 28.3 Å². The Morgan fingerprint density at radius 2 is 1.84 bits per heavy atom. The second-order valence-corrected chi connectivity index (χ2v) is 10.5. The number of carboxylic acid groups (broad SMARTS) is 1. The van der Waals surface area contributed by atoms with Crippen LogP contribution in [0.15, 0.2) is 0 Å². The molecular formula is C17H34BO6Si. The molecule has 0 saturated heterocycles. The smallest absolute Gasteiger partial charge is 0.334 e. The molecule has 0 rings (SSSR count). The summed E-state index contributed by atoms with van der Waals surface area (Å²) < 4.78 is 16.3. The predicted octanol–water partition coefficient (Wildman–Crippen LogP) is 3.35. The lowest BCUT2D eigenvalue weighted by molar-refractivity contribution is -0.154. The van der Waals surface area contributed by atoms with E-state index in [0.717, 1.165) is 6.04 Å². The molecule has 2 atom stereocenters. The fraction of sp³-hybridized carbons (Fsp3) is 0.882. The number of ether oxygens (including phenoxy) is 1. The first kappa shape index (κ1) is 24.1. The van der Waals surface area contributed by atoms with E-state index in [9.17, 15) is 9.59 Å². The van der Waals surface area contributed by atoms with Crippen LogP contribution in [0.2, 0.25) is 25.2 Å². The third kappa shape index (κ3) is 8.38. The predicted molar refractivity (Wildman–Crippen MR) is 101 cm³/mol. The maximum absolute atomic E-state index is 12.4. The van der Waals surface area contributed by atoms with Crippen LogP contribution in [0.3, 0.4) is 0 Å². The second-order valence-electron chi connectivity index (χ2n) is 6.87. The van der Waals surface area contributed by atoms with E-state index in [4.69, 9.17) is 18.7 Å². The van der Waals surface area contributed by atoms with Crippen molar-refractivity contribution in [3.8, 4) is 0 Å². The minimum atomic E-state index is -2.13. The molecule has 0 aromatic rings. The van der Waals surface area contributed by atoms with E-state index < -0.39 is 19.9 Å². The zero-order chi connectivity index (χ0) is 19.5. The van der Waals surface area contributed by atoms with Crippen LogP contribution in [-0.4, -0.2) is 53.7 Å². The van der Waals surface area contributed by atoms with Crippen LogP contribution in [0.5, 0.6) is 0 Å². The monoisotopic (exact) mass is 373 g/mol. The highest BCUT2D eigenvalue weighted by Gasteiger charge is 2.33. The van der Waals surface area contributed by atoms with Gasteiger partial charge < -0.3 is 18.7 Å². The highest BCUT2D eigenvalue weighted by atomic mass is 28.4. The van der Waals surface area contributed by atoms with Crippen LogP contribution >= 0.6 is 0 Å². The molecule has 0 saturated carbocycles. The fourth-order valence-corrected chi connectivity index (χ4v) is 3.80. The number of hydrogen-bond acceptors (Lipinski definition) is 5. The fourth-order valence-electron chi connectivity index (χ4n) is 2.44. The molecule has 0 amide bonds. The zero-order valence-corrected chi connectivity index (χ0v) is 17.6. The first-order chi connectivity index (χ1) is 11.7. The van der Waals surface area contributed by atoms with Crippen LogP contribution < -0.4 is 0 Å². The number of carbonyl (C=O) groups excluding carboxylic acids is 1. The van der Waals surface area contributed by atoms with Crippen molar-refractivity contribution in [2.75, 3.05) is 20.8 Å². The van der Waals surface area contributed by atoms with Crippen LogP contribution in [0.25, 0.3) is 0 Å². The summed E-state index contributed by atoms with van der Waals surface area (Å²) in [5.74, 6) is -1.40. The average Bonchev–Trinajstić information content (AvgIpc) is 2.61. The quantitative estimate of drug-likeness (QED) is 0.286. The lowest BCUT2D eigenvalue weighted by atomic mass is 9.58. The van der Waals surface area contributed by atoms with E-state index in [1.165, 1.54) is 0 Å². The number of rotatable bonds is 14. The zero-order valence-electron chi connectivity index (χ0n) is 16.6. The molecule has 6 nitrogen and oxygen atoms in total. The van der Waals surface area contributed by atoms with Gasteiger partial charge in [0, 0.05) is 20.1 Å². The van der Waals surface area contributed by atoms with Gasteiger partial charge in [0.1, 0.15) is 7.28 Å². The van der Waals surface area contributed by atoms with Gasteiger partial charge in [0.05, 0.1) is 12.0 Å². The van der Waals surface area contributed by atoms with Crippen molar-refractivity contribution >= 4 is 27.8 Å². The Labute approximate surface area is 154 Å². The molecule has 0 aliphatic heterocycles. The van der Waals surface area contributed by atoms with Crippen LogP contribution in [0.4, 0.5) is 0 Å². The van der Waals surface area contributed by atoms with Gasteiger partial charge in [0.2, 0.25) is 0 Å². The largest absolute Gasteiger partial charge is 0.481 e.